The highest BCUT2D eigenvalue weighted by Crippen LogP contribution is 2.38. The topological polar surface area (TPSA) is 156 Å². The van der Waals surface area contributed by atoms with Crippen LogP contribution < -0.4 is 0 Å². The van der Waals surface area contributed by atoms with E-state index in [4.69, 9.17) is 13.7 Å². The quantitative estimate of drug-likeness (QED) is 0.606. The molecule has 0 spiro atoms. The van der Waals surface area contributed by atoms with Gasteiger partial charge in [-0.1, -0.05) is 0 Å². The summed E-state index contributed by atoms with van der Waals surface area (Å²) in [5, 5.41) is 8.78. The first-order chi connectivity index (χ1) is 14.9. The van der Waals surface area contributed by atoms with Crippen LogP contribution in [0.4, 0.5) is 9.59 Å². The number of carbonyl (C=O) groups is 2. The van der Waals surface area contributed by atoms with Crippen molar-refractivity contribution in [2.24, 2.45) is 0 Å². The fourth-order valence-electron chi connectivity index (χ4n) is 4.06. The molecule has 2 saturated heterocycles. The van der Waals surface area contributed by atoms with Crippen molar-refractivity contribution in [3.05, 3.63) is 11.8 Å². The van der Waals surface area contributed by atoms with Gasteiger partial charge in [-0.2, -0.15) is 13.5 Å². The van der Waals surface area contributed by atoms with Gasteiger partial charge in [0.05, 0.1) is 6.04 Å². The van der Waals surface area contributed by atoms with Crippen LogP contribution in [-0.4, -0.2) is 74.4 Å². The third-order valence-corrected chi connectivity index (χ3v) is 6.06. The fourth-order valence-corrected chi connectivity index (χ4v) is 4.45. The van der Waals surface area contributed by atoms with Gasteiger partial charge in [0.25, 0.3) is 0 Å². The number of fused-ring (bicyclic) bond motifs is 2. The van der Waals surface area contributed by atoms with Crippen LogP contribution in [0.3, 0.4) is 0 Å². The monoisotopic (exact) mass is 473 g/mol. The second kappa shape index (κ2) is 8.15. The summed E-state index contributed by atoms with van der Waals surface area (Å²) in [6.45, 7) is 5.68. The van der Waals surface area contributed by atoms with Gasteiger partial charge in [-0.3, -0.25) is 9.45 Å². The van der Waals surface area contributed by atoms with Crippen molar-refractivity contribution < 1.29 is 36.0 Å². The van der Waals surface area contributed by atoms with Crippen molar-refractivity contribution in [2.75, 3.05) is 6.54 Å². The summed E-state index contributed by atoms with van der Waals surface area (Å²) in [7, 11) is -4.82. The number of aromatic nitrogens is 2. The Morgan fingerprint density at radius 2 is 1.97 bits per heavy atom. The number of ether oxygens (including phenoxy) is 1. The highest BCUT2D eigenvalue weighted by atomic mass is 32.3. The van der Waals surface area contributed by atoms with Crippen LogP contribution in [-0.2, 0) is 26.0 Å². The molecule has 3 amide bonds. The van der Waals surface area contributed by atoms with E-state index in [0.717, 1.165) is 19.3 Å². The molecule has 3 fully saturated rings. The molecule has 0 unspecified atom stereocenters. The van der Waals surface area contributed by atoms with E-state index in [1.54, 1.807) is 25.7 Å². The van der Waals surface area contributed by atoms with E-state index in [9.17, 15) is 18.0 Å². The zero-order chi connectivity index (χ0) is 23.3. The van der Waals surface area contributed by atoms with Crippen LogP contribution in [0.25, 0.3) is 0 Å². The van der Waals surface area contributed by atoms with Crippen LogP contribution in [0.5, 0.6) is 0 Å². The lowest BCUT2D eigenvalue weighted by atomic mass is 9.92. The average molecular weight is 474 g/mol. The molecule has 1 aliphatic carbocycles. The van der Waals surface area contributed by atoms with Gasteiger partial charge in [-0.05, 0) is 52.9 Å². The van der Waals surface area contributed by atoms with Gasteiger partial charge in [0, 0.05) is 12.6 Å². The molecule has 3 heterocycles. The van der Waals surface area contributed by atoms with Crippen molar-refractivity contribution >= 4 is 22.5 Å². The van der Waals surface area contributed by atoms with E-state index in [1.165, 1.54) is 4.90 Å². The number of amides is 3. The van der Waals surface area contributed by atoms with Crippen molar-refractivity contribution in [3.63, 3.8) is 0 Å². The zero-order valence-corrected chi connectivity index (χ0v) is 18.9. The maximum Gasteiger partial charge on any atom is 0.418 e. The number of carbonyl (C=O) groups excluding carboxylic acids is 2. The predicted molar refractivity (Wildman–Crippen MR) is 106 cm³/mol. The van der Waals surface area contributed by atoms with E-state index in [0.29, 0.717) is 17.9 Å². The van der Waals surface area contributed by atoms with Gasteiger partial charge in [-0.25, -0.2) is 9.59 Å². The third kappa shape index (κ3) is 4.81. The summed E-state index contributed by atoms with van der Waals surface area (Å²) in [6.07, 6.45) is 3.19. The van der Waals surface area contributed by atoms with Gasteiger partial charge in [0.2, 0.25) is 11.8 Å². The highest BCUT2D eigenvalue weighted by Gasteiger charge is 2.49. The summed E-state index contributed by atoms with van der Waals surface area (Å²) in [5.74, 6) is 0.413. The van der Waals surface area contributed by atoms with Gasteiger partial charge in [-0.15, -0.1) is 14.5 Å². The van der Waals surface area contributed by atoms with E-state index in [2.05, 4.69) is 14.5 Å². The molecule has 1 N–H and O–H groups in total. The fraction of sp³-hybridized carbons (Fsp3) is 0.778. The maximum absolute atomic E-state index is 12.7. The molecule has 4 rings (SSSR count). The summed E-state index contributed by atoms with van der Waals surface area (Å²) in [4.78, 5) is 28.2. The summed E-state index contributed by atoms with van der Waals surface area (Å²) in [5.41, 5.74) is -0.635. The Kier molecular flexibility index (Phi) is 5.79. The Morgan fingerprint density at radius 3 is 2.56 bits per heavy atom. The Hall–Kier alpha value is -2.45. The summed E-state index contributed by atoms with van der Waals surface area (Å²) in [6, 6.07) is -1.74. The largest absolute Gasteiger partial charge is 0.444 e. The molecule has 2 bridgehead atoms. The SMILES string of the molecule is CC(C)(C)OC(=O)N(Cc1nnc([C@@H]2CC[C@@H]3CN2C(=O)N3OS(=O)(=O)O)o1)C1CCC1. The van der Waals surface area contributed by atoms with Gasteiger partial charge in [0.15, 0.2) is 0 Å². The number of rotatable bonds is 6. The molecule has 13 nitrogen and oxygen atoms in total. The predicted octanol–water partition coefficient (Wildman–Crippen LogP) is 2.03. The molecule has 1 aromatic rings. The molecule has 32 heavy (non-hydrogen) atoms. The minimum absolute atomic E-state index is 0.0435. The molecule has 3 aliphatic rings. The summed E-state index contributed by atoms with van der Waals surface area (Å²) < 4.78 is 46.7. The highest BCUT2D eigenvalue weighted by molar-refractivity contribution is 7.80. The van der Waals surface area contributed by atoms with Crippen molar-refractivity contribution in [1.29, 1.82) is 0 Å². The molecule has 14 heteroatoms. The standard InChI is InChI=1S/C18H27N5O8S/c1-18(2,3)30-17(25)21(11-5-4-6-11)10-14-19-20-15(29-14)13-8-7-12-9-22(13)16(24)23(12)31-32(26,27)28/h11-13H,4-10H2,1-3H3,(H,26,27,28)/t12-,13+/m1/s1. The average Bonchev–Trinajstić information content (AvgIpc) is 3.17. The minimum atomic E-state index is -4.82. The Balaban J connectivity index is 1.46. The van der Waals surface area contributed by atoms with E-state index >= 15 is 0 Å². The zero-order valence-electron chi connectivity index (χ0n) is 18.1. The number of hydrogen-bond donors (Lipinski definition) is 1. The molecule has 1 saturated carbocycles. The molecule has 2 aliphatic heterocycles. The van der Waals surface area contributed by atoms with Crippen LogP contribution in [0, 0.1) is 0 Å². The first kappa shape index (κ1) is 22.7. The van der Waals surface area contributed by atoms with Crippen LogP contribution in [0.15, 0.2) is 4.42 Å². The lowest BCUT2D eigenvalue weighted by molar-refractivity contribution is -0.0317. The van der Waals surface area contributed by atoms with Crippen molar-refractivity contribution in [3.8, 4) is 0 Å². The molecule has 1 aromatic heterocycles. The Labute approximate surface area is 185 Å². The van der Waals surface area contributed by atoms with Crippen molar-refractivity contribution in [2.45, 2.75) is 83.1 Å². The van der Waals surface area contributed by atoms with Crippen LogP contribution >= 0.6 is 0 Å². The van der Waals surface area contributed by atoms with Crippen molar-refractivity contribution in [1.82, 2.24) is 25.1 Å². The third-order valence-electron chi connectivity index (χ3n) is 5.71. The maximum atomic E-state index is 12.7. The van der Waals surface area contributed by atoms with E-state index in [-0.39, 0.29) is 30.9 Å². The lowest BCUT2D eigenvalue weighted by Gasteiger charge is -2.37. The van der Waals surface area contributed by atoms with Crippen LogP contribution in [0.2, 0.25) is 0 Å². The first-order valence-electron chi connectivity index (χ1n) is 10.5. The molecule has 0 radical (unpaired) electrons. The molecule has 2 atom stereocenters. The normalized spacial score (nSPS) is 23.9. The molecule has 0 aromatic carbocycles. The number of hydroxylamine groups is 2. The van der Waals surface area contributed by atoms with Gasteiger partial charge in [0.1, 0.15) is 18.2 Å². The molecular formula is C18H27N5O8S. The lowest BCUT2D eigenvalue weighted by Crippen LogP contribution is -2.46. The minimum Gasteiger partial charge on any atom is -0.444 e. The molecular weight excluding hydrogens is 446 g/mol. The van der Waals surface area contributed by atoms with Crippen LogP contribution in [0.1, 0.15) is 70.7 Å². The second-order valence-corrected chi connectivity index (χ2v) is 10.2. The van der Waals surface area contributed by atoms with E-state index in [1.807, 2.05) is 0 Å². The Bertz CT molecular complexity index is 986. The molecule has 178 valence electrons. The smallest absolute Gasteiger partial charge is 0.418 e. The number of nitrogens with zero attached hydrogens (tertiary/aromatic N) is 5. The van der Waals surface area contributed by atoms with E-state index < -0.39 is 40.2 Å². The Morgan fingerprint density at radius 1 is 1.25 bits per heavy atom. The first-order valence-corrected chi connectivity index (χ1v) is 11.9. The van der Waals surface area contributed by atoms with Gasteiger partial charge < -0.3 is 14.1 Å². The second-order valence-electron chi connectivity index (χ2n) is 9.24. The summed E-state index contributed by atoms with van der Waals surface area (Å²) >= 11 is 0. The number of hydrogen-bond acceptors (Lipinski definition) is 9. The number of piperidine rings is 1. The van der Waals surface area contributed by atoms with Gasteiger partial charge >= 0.3 is 22.5 Å². The number of urea groups is 1.